The van der Waals surface area contributed by atoms with Crippen LogP contribution in [-0.2, 0) is 14.8 Å². The number of sulfonamides is 1. The highest BCUT2D eigenvalue weighted by Crippen LogP contribution is 2.35. The van der Waals surface area contributed by atoms with Crippen molar-refractivity contribution in [3.63, 3.8) is 0 Å². The second kappa shape index (κ2) is 12.4. The average Bonchev–Trinajstić information content (AvgIpc) is 2.93. The van der Waals surface area contributed by atoms with E-state index < -0.39 is 10.0 Å². The number of aromatic nitrogens is 2. The van der Waals surface area contributed by atoms with Crippen LogP contribution in [0.25, 0.3) is 11.3 Å². The Bertz CT molecular complexity index is 1690. The number of benzene rings is 2. The van der Waals surface area contributed by atoms with Crippen LogP contribution in [-0.4, -0.2) is 59.8 Å². The van der Waals surface area contributed by atoms with Crippen LogP contribution in [0.3, 0.4) is 0 Å². The first-order valence-electron chi connectivity index (χ1n) is 15.5. The highest BCUT2D eigenvalue weighted by atomic mass is 32.2. The zero-order valence-electron chi connectivity index (χ0n) is 27.0. The molecule has 0 unspecified atom stereocenters. The summed E-state index contributed by atoms with van der Waals surface area (Å²) in [6.07, 6.45) is 1.81. The Hall–Kier alpha value is -3.99. The summed E-state index contributed by atoms with van der Waals surface area (Å²) < 4.78 is 36.1. The van der Waals surface area contributed by atoms with Crippen LogP contribution >= 0.6 is 0 Å². The Morgan fingerprint density at radius 1 is 1.07 bits per heavy atom. The molecule has 5 rings (SSSR count). The minimum atomic E-state index is -4.15. The van der Waals surface area contributed by atoms with E-state index in [0.717, 1.165) is 16.7 Å². The number of rotatable bonds is 5. The third-order valence-corrected chi connectivity index (χ3v) is 9.66. The van der Waals surface area contributed by atoms with E-state index in [9.17, 15) is 18.0 Å². The summed E-state index contributed by atoms with van der Waals surface area (Å²) in [4.78, 5) is 37.5. The fourth-order valence-corrected chi connectivity index (χ4v) is 7.06. The van der Waals surface area contributed by atoms with Gasteiger partial charge in [-0.2, -0.15) is 4.98 Å². The number of amides is 2. The molecule has 1 aromatic heterocycles. The molecule has 0 saturated heterocycles. The van der Waals surface area contributed by atoms with Crippen molar-refractivity contribution >= 4 is 27.8 Å². The van der Waals surface area contributed by atoms with Crippen LogP contribution in [0.4, 0.5) is 5.95 Å². The van der Waals surface area contributed by atoms with Gasteiger partial charge in [0.15, 0.2) is 0 Å². The van der Waals surface area contributed by atoms with Crippen molar-refractivity contribution in [3.8, 4) is 17.1 Å². The van der Waals surface area contributed by atoms with Crippen molar-refractivity contribution in [1.82, 2.24) is 20.2 Å². The molecule has 2 amide bonds. The molecule has 4 bridgehead atoms. The molecule has 1 atom stereocenters. The van der Waals surface area contributed by atoms with Crippen molar-refractivity contribution in [2.75, 3.05) is 11.3 Å². The van der Waals surface area contributed by atoms with Crippen molar-refractivity contribution < 1.29 is 22.7 Å². The molecule has 2 heterocycles. The van der Waals surface area contributed by atoms with Crippen LogP contribution in [0, 0.1) is 25.2 Å². The van der Waals surface area contributed by atoms with E-state index >= 15 is 0 Å². The Morgan fingerprint density at radius 3 is 2.38 bits per heavy atom. The van der Waals surface area contributed by atoms with E-state index in [-0.39, 0.29) is 70.2 Å². The lowest BCUT2D eigenvalue weighted by molar-refractivity contribution is -0.125. The number of nitrogens with zero attached hydrogens (tertiary/aromatic N) is 3. The SMILES string of the molecule is Cc1cccc(C)c1-c1cc2nc(n1)NS(=O)(=O)c1cccc(c1)C(=O)N([C@H]1C[C@@H](NC(=O)C(C)C)C1)[C@H](CC(C)(C)C)CO2. The predicted octanol–water partition coefficient (Wildman–Crippen LogP) is 5.50. The van der Waals surface area contributed by atoms with Gasteiger partial charge in [-0.05, 0) is 67.9 Å². The van der Waals surface area contributed by atoms with Crippen LogP contribution in [0.5, 0.6) is 5.88 Å². The lowest BCUT2D eigenvalue weighted by Gasteiger charge is -2.47. The van der Waals surface area contributed by atoms with Crippen molar-refractivity contribution in [2.24, 2.45) is 11.3 Å². The Balaban J connectivity index is 1.60. The van der Waals surface area contributed by atoms with Crippen LogP contribution in [0.15, 0.2) is 53.4 Å². The molecular weight excluding hydrogens is 590 g/mol. The first kappa shape index (κ1) is 32.4. The van der Waals surface area contributed by atoms with Gasteiger partial charge < -0.3 is 15.0 Å². The molecular formula is C34H43N5O5S. The number of ether oxygens (including phenoxy) is 1. The lowest BCUT2D eigenvalue weighted by Crippen LogP contribution is -2.60. The molecule has 3 aromatic rings. The Kier molecular flexibility index (Phi) is 8.95. The van der Waals surface area contributed by atoms with Crippen molar-refractivity contribution in [3.05, 3.63) is 65.2 Å². The maximum absolute atomic E-state index is 14.3. The maximum Gasteiger partial charge on any atom is 0.264 e. The summed E-state index contributed by atoms with van der Waals surface area (Å²) in [5, 5.41) is 3.08. The second-order valence-electron chi connectivity index (χ2n) is 13.7. The number of carbonyl (C=O) groups is 2. The van der Waals surface area contributed by atoms with Crippen molar-refractivity contribution in [1.29, 1.82) is 0 Å². The fourth-order valence-electron chi connectivity index (χ4n) is 6.07. The van der Waals surface area contributed by atoms with Gasteiger partial charge in [-0.15, -0.1) is 0 Å². The molecule has 0 radical (unpaired) electrons. The summed E-state index contributed by atoms with van der Waals surface area (Å²) in [6, 6.07) is 13.1. The first-order valence-corrected chi connectivity index (χ1v) is 16.9. The van der Waals surface area contributed by atoms with Gasteiger partial charge in [-0.1, -0.05) is 58.9 Å². The number of hydrogen-bond acceptors (Lipinski definition) is 7. The molecule has 1 saturated carbocycles. The molecule has 10 nitrogen and oxygen atoms in total. The van der Waals surface area contributed by atoms with E-state index in [1.54, 1.807) is 18.2 Å². The van der Waals surface area contributed by atoms with Crippen LogP contribution in [0.1, 0.15) is 75.4 Å². The van der Waals surface area contributed by atoms with E-state index in [0.29, 0.717) is 25.0 Å². The van der Waals surface area contributed by atoms with Gasteiger partial charge in [0.2, 0.25) is 17.7 Å². The average molecular weight is 634 g/mol. The lowest BCUT2D eigenvalue weighted by atomic mass is 9.81. The van der Waals surface area contributed by atoms with Crippen LogP contribution < -0.4 is 14.8 Å². The largest absolute Gasteiger partial charge is 0.475 e. The number of anilines is 1. The number of fused-ring (bicyclic) bond motifs is 4. The van der Waals surface area contributed by atoms with Gasteiger partial charge in [0.1, 0.15) is 6.61 Å². The molecule has 240 valence electrons. The molecule has 11 heteroatoms. The van der Waals surface area contributed by atoms with Gasteiger partial charge in [0, 0.05) is 35.2 Å². The van der Waals surface area contributed by atoms with Gasteiger partial charge in [-0.3, -0.25) is 9.59 Å². The quantitative estimate of drug-likeness (QED) is 0.379. The third kappa shape index (κ3) is 7.30. The molecule has 2 aliphatic rings. The van der Waals surface area contributed by atoms with E-state index in [4.69, 9.17) is 4.74 Å². The maximum atomic E-state index is 14.3. The summed E-state index contributed by atoms with van der Waals surface area (Å²) >= 11 is 0. The summed E-state index contributed by atoms with van der Waals surface area (Å²) in [7, 11) is -4.15. The van der Waals surface area contributed by atoms with Gasteiger partial charge in [0.25, 0.3) is 15.9 Å². The molecule has 2 N–H and O–H groups in total. The number of carbonyl (C=O) groups excluding carboxylic acids is 2. The third-order valence-electron chi connectivity index (χ3n) is 8.33. The number of hydrogen-bond donors (Lipinski definition) is 2. The highest BCUT2D eigenvalue weighted by molar-refractivity contribution is 7.92. The Labute approximate surface area is 266 Å². The topological polar surface area (TPSA) is 131 Å². The predicted molar refractivity (Wildman–Crippen MR) is 174 cm³/mol. The zero-order chi connectivity index (χ0) is 32.7. The normalized spacial score (nSPS) is 21.4. The summed E-state index contributed by atoms with van der Waals surface area (Å²) in [5.41, 5.74) is 3.44. The molecule has 1 aliphatic heterocycles. The Morgan fingerprint density at radius 2 is 1.73 bits per heavy atom. The van der Waals surface area contributed by atoms with E-state index in [2.05, 4.69) is 40.8 Å². The molecule has 1 fully saturated rings. The molecule has 45 heavy (non-hydrogen) atoms. The number of aryl methyl sites for hydroxylation is 2. The number of nitrogens with one attached hydrogen (secondary N) is 2. The summed E-state index contributed by atoms with van der Waals surface area (Å²) in [6.45, 7) is 14.1. The zero-order valence-corrected chi connectivity index (χ0v) is 27.9. The fraction of sp³-hybridized carbons (Fsp3) is 0.471. The van der Waals surface area contributed by atoms with E-state index in [1.807, 2.05) is 50.8 Å². The minimum Gasteiger partial charge on any atom is -0.475 e. The summed E-state index contributed by atoms with van der Waals surface area (Å²) in [5.74, 6) is -0.352. The second-order valence-corrected chi connectivity index (χ2v) is 15.4. The molecule has 0 spiro atoms. The smallest absolute Gasteiger partial charge is 0.264 e. The van der Waals surface area contributed by atoms with Gasteiger partial charge >= 0.3 is 0 Å². The van der Waals surface area contributed by atoms with Gasteiger partial charge in [-0.25, -0.2) is 18.1 Å². The highest BCUT2D eigenvalue weighted by Gasteiger charge is 2.42. The molecule has 2 aromatic carbocycles. The molecule has 1 aliphatic carbocycles. The van der Waals surface area contributed by atoms with Gasteiger partial charge in [0.05, 0.1) is 16.6 Å². The first-order chi connectivity index (χ1) is 21.1. The minimum absolute atomic E-state index is 0.0195. The standard InChI is InChI=1S/C34H43N5O5S/c1-20(2)31(40)35-24-15-25(16-24)39-26(18-34(5,6)7)19-44-29-17-28(30-21(3)10-8-11-22(30)4)36-33(37-29)38-45(42,43)27-13-9-12-23(14-27)32(39)41/h8-14,17,20,24-26H,15-16,18-19H2,1-7H3,(H,35,40)(H,36,37,38)/t24-,25+,26-/m1/s1. The van der Waals surface area contributed by atoms with Crippen LogP contribution in [0.2, 0.25) is 0 Å². The monoisotopic (exact) mass is 633 g/mol. The van der Waals surface area contributed by atoms with Crippen molar-refractivity contribution in [2.45, 2.75) is 90.7 Å². The van der Waals surface area contributed by atoms with E-state index in [1.165, 1.54) is 12.1 Å².